The summed E-state index contributed by atoms with van der Waals surface area (Å²) in [5.41, 5.74) is -3.86. The molecule has 0 aromatic rings. The largest absolute Gasteiger partial charge is 0.282 e. The molecule has 9 nitrogen and oxygen atoms in total. The predicted octanol–water partition coefficient (Wildman–Crippen LogP) is 2.41. The van der Waals surface area contributed by atoms with E-state index in [4.69, 9.17) is 0 Å². The van der Waals surface area contributed by atoms with E-state index in [1.807, 2.05) is 0 Å². The highest BCUT2D eigenvalue weighted by Gasteiger charge is 2.57. The van der Waals surface area contributed by atoms with Gasteiger partial charge < -0.3 is 0 Å². The lowest BCUT2D eigenvalue weighted by Gasteiger charge is -2.30. The van der Waals surface area contributed by atoms with Gasteiger partial charge in [0.25, 0.3) is 16.9 Å². The van der Waals surface area contributed by atoms with Gasteiger partial charge in [-0.25, -0.2) is 0 Å². The maximum Gasteiger partial charge on any atom is 0.282 e. The maximum atomic E-state index is 11.4. The van der Waals surface area contributed by atoms with Gasteiger partial charge in [-0.05, 0) is 6.92 Å². The van der Waals surface area contributed by atoms with Gasteiger partial charge in [0, 0.05) is 17.3 Å². The molecule has 2 atom stereocenters. The minimum absolute atomic E-state index is 0.0654. The Kier molecular flexibility index (Phi) is 3.91. The van der Waals surface area contributed by atoms with E-state index in [1.54, 1.807) is 20.8 Å². The highest BCUT2D eigenvalue weighted by atomic mass is 16.6. The molecule has 21 heavy (non-hydrogen) atoms. The molecular weight excluding hydrogens is 282 g/mol. The van der Waals surface area contributed by atoms with Crippen LogP contribution in [-0.4, -0.2) is 20.3 Å². The fourth-order valence-corrected chi connectivity index (χ4v) is 2.47. The average molecular weight is 299 g/mol. The third-order valence-corrected chi connectivity index (χ3v) is 3.76. The Bertz CT molecular complexity index is 586. The zero-order valence-electron chi connectivity index (χ0n) is 12.4. The second-order valence-corrected chi connectivity index (χ2v) is 6.26. The Balaban J connectivity index is 3.82. The third kappa shape index (κ3) is 2.63. The summed E-state index contributed by atoms with van der Waals surface area (Å²) in [6.07, 6.45) is 0.922. The molecule has 0 radical (unpaired) electrons. The maximum absolute atomic E-state index is 11.4. The van der Waals surface area contributed by atoms with Crippen molar-refractivity contribution in [2.75, 3.05) is 0 Å². The van der Waals surface area contributed by atoms with Gasteiger partial charge in [0.2, 0.25) is 0 Å². The average Bonchev–Trinajstić information content (AvgIpc) is 2.29. The molecule has 116 valence electrons. The van der Waals surface area contributed by atoms with E-state index < -0.39 is 43.0 Å². The van der Waals surface area contributed by atoms with Gasteiger partial charge >= 0.3 is 0 Å². The fraction of sp³-hybridized carbons (Fsp3) is 0.667. The van der Waals surface area contributed by atoms with Gasteiger partial charge in [-0.3, -0.25) is 30.3 Å². The summed E-state index contributed by atoms with van der Waals surface area (Å²) in [4.78, 5) is 31.6. The fourth-order valence-electron chi connectivity index (χ4n) is 2.47. The van der Waals surface area contributed by atoms with Crippen LogP contribution in [0.5, 0.6) is 0 Å². The molecule has 0 N–H and O–H groups in total. The van der Waals surface area contributed by atoms with Gasteiger partial charge in [-0.15, -0.1) is 0 Å². The SMILES string of the molecule is CC1C([N+](=O)[O-])=C(C(C)(C)C)C([N+](=O)[O-])=CC1(C)[N+](=O)[O-]. The topological polar surface area (TPSA) is 129 Å². The predicted molar refractivity (Wildman–Crippen MR) is 73.1 cm³/mol. The van der Waals surface area contributed by atoms with Crippen LogP contribution < -0.4 is 0 Å². The number of nitrogens with zero attached hydrogens (tertiary/aromatic N) is 3. The van der Waals surface area contributed by atoms with Crippen molar-refractivity contribution >= 4 is 0 Å². The molecule has 0 amide bonds. The molecule has 0 saturated heterocycles. The van der Waals surface area contributed by atoms with Gasteiger partial charge in [0.05, 0.1) is 15.9 Å². The van der Waals surface area contributed by atoms with Gasteiger partial charge in [-0.2, -0.15) is 0 Å². The molecule has 1 rings (SSSR count). The van der Waals surface area contributed by atoms with E-state index in [2.05, 4.69) is 0 Å². The Hall–Kier alpha value is -2.32. The molecule has 0 bridgehead atoms. The van der Waals surface area contributed by atoms with Crippen molar-refractivity contribution in [1.29, 1.82) is 0 Å². The Morgan fingerprint density at radius 3 is 1.86 bits per heavy atom. The number of nitro groups is 3. The molecule has 0 spiro atoms. The Labute approximate surface area is 120 Å². The minimum Gasteiger partial charge on any atom is -0.264 e. The molecular formula is C12H17N3O6. The number of hydrogen-bond acceptors (Lipinski definition) is 6. The Morgan fingerprint density at radius 2 is 1.57 bits per heavy atom. The van der Waals surface area contributed by atoms with Crippen molar-refractivity contribution < 1.29 is 14.8 Å². The van der Waals surface area contributed by atoms with E-state index in [0.717, 1.165) is 13.0 Å². The monoisotopic (exact) mass is 299 g/mol. The summed E-state index contributed by atoms with van der Waals surface area (Å²) in [7, 11) is 0. The smallest absolute Gasteiger partial charge is 0.264 e. The molecule has 1 aliphatic carbocycles. The quantitative estimate of drug-likeness (QED) is 0.581. The van der Waals surface area contributed by atoms with Crippen LogP contribution >= 0.6 is 0 Å². The van der Waals surface area contributed by atoms with Crippen LogP contribution in [0.25, 0.3) is 0 Å². The molecule has 0 aromatic carbocycles. The first-order valence-electron chi connectivity index (χ1n) is 6.25. The first kappa shape index (κ1) is 16.7. The molecule has 0 aliphatic heterocycles. The zero-order chi connectivity index (χ0) is 16.7. The van der Waals surface area contributed by atoms with E-state index in [0.29, 0.717) is 0 Å². The van der Waals surface area contributed by atoms with Crippen molar-refractivity contribution in [1.82, 2.24) is 0 Å². The number of allylic oxidation sites excluding steroid dienone is 1. The van der Waals surface area contributed by atoms with Crippen molar-refractivity contribution in [2.45, 2.75) is 40.2 Å². The summed E-state index contributed by atoms with van der Waals surface area (Å²) < 4.78 is 0. The first-order chi connectivity index (χ1) is 9.34. The molecule has 0 heterocycles. The van der Waals surface area contributed by atoms with Gasteiger partial charge in [0.15, 0.2) is 0 Å². The van der Waals surface area contributed by atoms with Crippen LogP contribution in [-0.2, 0) is 0 Å². The van der Waals surface area contributed by atoms with E-state index in [-0.39, 0.29) is 5.57 Å². The van der Waals surface area contributed by atoms with E-state index in [9.17, 15) is 30.3 Å². The molecule has 1 aliphatic rings. The minimum atomic E-state index is -1.89. The lowest BCUT2D eigenvalue weighted by atomic mass is 9.71. The van der Waals surface area contributed by atoms with Crippen LogP contribution in [0.3, 0.4) is 0 Å². The van der Waals surface area contributed by atoms with Crippen LogP contribution in [0, 0.1) is 41.7 Å². The van der Waals surface area contributed by atoms with Gasteiger partial charge in [0.1, 0.15) is 11.5 Å². The second kappa shape index (κ2) is 4.90. The summed E-state index contributed by atoms with van der Waals surface area (Å²) in [6.45, 7) is 7.31. The summed E-state index contributed by atoms with van der Waals surface area (Å²) in [5.74, 6) is -1.08. The van der Waals surface area contributed by atoms with Crippen LogP contribution in [0.4, 0.5) is 0 Å². The van der Waals surface area contributed by atoms with Gasteiger partial charge in [-0.1, -0.05) is 20.8 Å². The molecule has 0 fully saturated rings. The lowest BCUT2D eigenvalue weighted by Crippen LogP contribution is -2.46. The summed E-state index contributed by atoms with van der Waals surface area (Å²) >= 11 is 0. The zero-order valence-corrected chi connectivity index (χ0v) is 12.4. The van der Waals surface area contributed by atoms with E-state index in [1.165, 1.54) is 6.92 Å². The highest BCUT2D eigenvalue weighted by molar-refractivity contribution is 5.40. The molecule has 0 saturated carbocycles. The third-order valence-electron chi connectivity index (χ3n) is 3.76. The molecule has 2 unspecified atom stereocenters. The standard InChI is InChI=1S/C12H17N3O6/c1-7-10(14(18)19)9(11(2,3)4)8(13(16)17)6-12(7,5)15(20)21/h6-7H,1-5H3. The van der Waals surface area contributed by atoms with Crippen LogP contribution in [0.1, 0.15) is 34.6 Å². The first-order valence-corrected chi connectivity index (χ1v) is 6.25. The summed E-state index contributed by atoms with van der Waals surface area (Å²) in [6, 6.07) is 0. The van der Waals surface area contributed by atoms with Crippen molar-refractivity contribution in [2.24, 2.45) is 11.3 Å². The van der Waals surface area contributed by atoms with Crippen LogP contribution in [0.2, 0.25) is 0 Å². The van der Waals surface area contributed by atoms with E-state index >= 15 is 0 Å². The van der Waals surface area contributed by atoms with Crippen LogP contribution in [0.15, 0.2) is 23.0 Å². The number of rotatable bonds is 3. The molecule has 0 aromatic heterocycles. The molecule has 9 heteroatoms. The van der Waals surface area contributed by atoms with Crippen molar-refractivity contribution in [3.63, 3.8) is 0 Å². The highest BCUT2D eigenvalue weighted by Crippen LogP contribution is 2.45. The lowest BCUT2D eigenvalue weighted by molar-refractivity contribution is -0.570. The number of hydrogen-bond donors (Lipinski definition) is 0. The van der Waals surface area contributed by atoms with Crippen molar-refractivity contribution in [3.8, 4) is 0 Å². The normalized spacial score (nSPS) is 26.3. The second-order valence-electron chi connectivity index (χ2n) is 6.26. The van der Waals surface area contributed by atoms with Crippen molar-refractivity contribution in [3.05, 3.63) is 53.4 Å². The Morgan fingerprint density at radius 1 is 1.10 bits per heavy atom. The summed E-state index contributed by atoms with van der Waals surface area (Å²) in [5, 5.41) is 33.9.